The van der Waals surface area contributed by atoms with E-state index in [1.54, 1.807) is 5.57 Å². The van der Waals surface area contributed by atoms with Crippen LogP contribution in [0.3, 0.4) is 0 Å². The third-order valence-electron chi connectivity index (χ3n) is 9.95. The summed E-state index contributed by atoms with van der Waals surface area (Å²) < 4.78 is 6.51. The summed E-state index contributed by atoms with van der Waals surface area (Å²) in [5.41, 5.74) is 1.97. The molecule has 0 aromatic rings. The van der Waals surface area contributed by atoms with E-state index in [4.69, 9.17) is 4.74 Å². The van der Waals surface area contributed by atoms with Crippen molar-refractivity contribution in [2.45, 2.75) is 76.7 Å². The minimum Gasteiger partial charge on any atom is -0.366 e. The highest BCUT2D eigenvalue weighted by Gasteiger charge is 2.66. The molecule has 0 radical (unpaired) electrons. The minimum atomic E-state index is 0.0458. The third-order valence-corrected chi connectivity index (χ3v) is 9.95. The molecule has 1 aliphatic heterocycles. The highest BCUT2D eigenvalue weighted by Crippen LogP contribution is 2.70. The maximum atomic E-state index is 12.1. The fraction of sp³-hybridized carbons (Fsp3) is 0.800. The van der Waals surface area contributed by atoms with E-state index < -0.39 is 0 Å². The van der Waals surface area contributed by atoms with E-state index in [0.717, 1.165) is 49.0 Å². The SMILES string of the molecule is CC[C@]12CCC3C(C1CC[C@@]21C=CCO1)[C@H](C1CC1)CC1=CC(=O)CC[C@@H]13. The van der Waals surface area contributed by atoms with Gasteiger partial charge in [0.05, 0.1) is 12.2 Å². The first-order valence-corrected chi connectivity index (χ1v) is 11.7. The van der Waals surface area contributed by atoms with Crippen LogP contribution in [0.15, 0.2) is 23.8 Å². The molecule has 3 unspecified atom stereocenters. The third kappa shape index (κ3) is 2.20. The normalized spacial score (nSPS) is 51.1. The first-order valence-electron chi connectivity index (χ1n) is 11.7. The fourth-order valence-electron chi connectivity index (χ4n) is 8.84. The van der Waals surface area contributed by atoms with Crippen LogP contribution in [0, 0.1) is 40.9 Å². The smallest absolute Gasteiger partial charge is 0.155 e. The number of hydrogen-bond acceptors (Lipinski definition) is 2. The summed E-state index contributed by atoms with van der Waals surface area (Å²) in [5.74, 6) is 5.48. The van der Waals surface area contributed by atoms with Crippen LogP contribution in [-0.4, -0.2) is 18.0 Å². The largest absolute Gasteiger partial charge is 0.366 e. The summed E-state index contributed by atoms with van der Waals surface area (Å²) in [6.45, 7) is 3.27. The Morgan fingerprint density at radius 1 is 1.11 bits per heavy atom. The van der Waals surface area contributed by atoms with Crippen LogP contribution >= 0.6 is 0 Å². The Morgan fingerprint density at radius 2 is 2.00 bits per heavy atom. The summed E-state index contributed by atoms with van der Waals surface area (Å²) in [4.78, 5) is 12.1. The minimum absolute atomic E-state index is 0.0458. The Bertz CT molecular complexity index is 716. The Kier molecular flexibility index (Phi) is 3.66. The number of hydrogen-bond donors (Lipinski definition) is 0. The molecule has 146 valence electrons. The zero-order valence-electron chi connectivity index (χ0n) is 16.8. The predicted molar refractivity (Wildman–Crippen MR) is 106 cm³/mol. The lowest BCUT2D eigenvalue weighted by Crippen LogP contribution is -2.55. The molecule has 2 heteroatoms. The van der Waals surface area contributed by atoms with Gasteiger partial charge in [-0.3, -0.25) is 4.79 Å². The van der Waals surface area contributed by atoms with Crippen molar-refractivity contribution in [1.29, 1.82) is 0 Å². The molecule has 0 amide bonds. The van der Waals surface area contributed by atoms with Crippen LogP contribution in [-0.2, 0) is 9.53 Å². The van der Waals surface area contributed by atoms with Gasteiger partial charge in [0.15, 0.2) is 5.78 Å². The van der Waals surface area contributed by atoms with Crippen LogP contribution in [0.25, 0.3) is 0 Å². The Hall–Kier alpha value is -0.890. The molecule has 4 fully saturated rings. The van der Waals surface area contributed by atoms with Crippen molar-refractivity contribution in [3.05, 3.63) is 23.8 Å². The number of allylic oxidation sites excluding steroid dienone is 1. The summed E-state index contributed by atoms with van der Waals surface area (Å²) in [6.07, 6.45) is 19.5. The molecule has 27 heavy (non-hydrogen) atoms. The van der Waals surface area contributed by atoms with Gasteiger partial charge < -0.3 is 4.74 Å². The van der Waals surface area contributed by atoms with Crippen molar-refractivity contribution in [1.82, 2.24) is 0 Å². The van der Waals surface area contributed by atoms with Crippen molar-refractivity contribution in [3.8, 4) is 0 Å². The van der Waals surface area contributed by atoms with E-state index >= 15 is 0 Å². The molecule has 0 N–H and O–H groups in total. The van der Waals surface area contributed by atoms with Crippen molar-refractivity contribution in [3.63, 3.8) is 0 Å². The van der Waals surface area contributed by atoms with Gasteiger partial charge in [0.25, 0.3) is 0 Å². The molecule has 6 aliphatic rings. The second-order valence-electron chi connectivity index (χ2n) is 10.6. The second-order valence-corrected chi connectivity index (χ2v) is 10.6. The van der Waals surface area contributed by atoms with E-state index in [0.29, 0.717) is 17.1 Å². The van der Waals surface area contributed by atoms with E-state index in [-0.39, 0.29) is 5.60 Å². The molecule has 5 aliphatic carbocycles. The average Bonchev–Trinajstić information content (AvgIpc) is 3.33. The molecule has 4 saturated carbocycles. The highest BCUT2D eigenvalue weighted by molar-refractivity contribution is 5.91. The van der Waals surface area contributed by atoms with E-state index in [1.165, 1.54) is 51.4 Å². The molecular weight excluding hydrogens is 332 g/mol. The highest BCUT2D eigenvalue weighted by atomic mass is 16.5. The molecule has 0 bridgehead atoms. The number of ether oxygens (including phenoxy) is 1. The van der Waals surface area contributed by atoms with Gasteiger partial charge in [-0.05, 0) is 99.4 Å². The quantitative estimate of drug-likeness (QED) is 0.605. The van der Waals surface area contributed by atoms with Gasteiger partial charge in [-0.2, -0.15) is 0 Å². The van der Waals surface area contributed by atoms with Crippen LogP contribution in [0.4, 0.5) is 0 Å². The summed E-state index contributed by atoms with van der Waals surface area (Å²) >= 11 is 0. The van der Waals surface area contributed by atoms with Gasteiger partial charge in [-0.15, -0.1) is 0 Å². The lowest BCUT2D eigenvalue weighted by molar-refractivity contribution is -0.135. The van der Waals surface area contributed by atoms with Gasteiger partial charge >= 0.3 is 0 Å². The molecular formula is C25H34O2. The lowest BCUT2D eigenvalue weighted by atomic mass is 9.46. The maximum Gasteiger partial charge on any atom is 0.155 e. The van der Waals surface area contributed by atoms with Gasteiger partial charge in [0.2, 0.25) is 0 Å². The molecule has 6 rings (SSSR count). The molecule has 2 nitrogen and oxygen atoms in total. The second kappa shape index (κ2) is 5.81. The first-order chi connectivity index (χ1) is 13.2. The molecule has 0 saturated heterocycles. The average molecular weight is 367 g/mol. The number of rotatable bonds is 2. The standard InChI is InChI=1S/C25H34O2/c1-2-24-11-8-20-19-7-6-18(26)14-17(19)15-21(16-4-5-16)23(20)22(24)9-12-25(24)10-3-13-27-25/h3,10,14,16,19-23H,2,4-9,11-13,15H2,1H3/t19-,20?,21-,22?,23?,24-,25-/m0/s1. The van der Waals surface area contributed by atoms with Crippen LogP contribution in [0.2, 0.25) is 0 Å². The molecule has 0 aromatic carbocycles. The topological polar surface area (TPSA) is 26.3 Å². The van der Waals surface area contributed by atoms with Crippen LogP contribution in [0.1, 0.15) is 71.1 Å². The Morgan fingerprint density at radius 3 is 2.74 bits per heavy atom. The van der Waals surface area contributed by atoms with Gasteiger partial charge in [0, 0.05) is 11.8 Å². The van der Waals surface area contributed by atoms with Crippen molar-refractivity contribution >= 4 is 5.78 Å². The zero-order valence-corrected chi connectivity index (χ0v) is 16.8. The Balaban J connectivity index is 1.42. The fourth-order valence-corrected chi connectivity index (χ4v) is 8.84. The molecule has 1 heterocycles. The molecule has 7 atom stereocenters. The number of ketones is 1. The van der Waals surface area contributed by atoms with E-state index in [1.807, 2.05) is 0 Å². The van der Waals surface area contributed by atoms with E-state index in [9.17, 15) is 4.79 Å². The number of carbonyl (C=O) groups excluding carboxylic acids is 1. The number of carbonyl (C=O) groups is 1. The first kappa shape index (κ1) is 17.0. The van der Waals surface area contributed by atoms with Crippen LogP contribution in [0.5, 0.6) is 0 Å². The molecule has 0 aromatic heterocycles. The van der Waals surface area contributed by atoms with Crippen LogP contribution < -0.4 is 0 Å². The zero-order chi connectivity index (χ0) is 18.2. The van der Waals surface area contributed by atoms with Gasteiger partial charge in [-0.1, -0.05) is 24.6 Å². The van der Waals surface area contributed by atoms with Crippen molar-refractivity contribution in [2.75, 3.05) is 6.61 Å². The predicted octanol–water partition coefficient (Wildman–Crippen LogP) is 5.48. The maximum absolute atomic E-state index is 12.1. The van der Waals surface area contributed by atoms with Gasteiger partial charge in [-0.25, -0.2) is 0 Å². The number of fused-ring (bicyclic) bond motifs is 6. The monoisotopic (exact) mass is 366 g/mol. The van der Waals surface area contributed by atoms with E-state index in [2.05, 4.69) is 25.2 Å². The van der Waals surface area contributed by atoms with Gasteiger partial charge in [0.1, 0.15) is 0 Å². The van der Waals surface area contributed by atoms with Crippen molar-refractivity contribution < 1.29 is 9.53 Å². The lowest BCUT2D eigenvalue weighted by Gasteiger charge is -2.59. The summed E-state index contributed by atoms with van der Waals surface area (Å²) in [5, 5.41) is 0. The summed E-state index contributed by atoms with van der Waals surface area (Å²) in [6, 6.07) is 0. The van der Waals surface area contributed by atoms with Crippen molar-refractivity contribution in [2.24, 2.45) is 40.9 Å². The summed E-state index contributed by atoms with van der Waals surface area (Å²) in [7, 11) is 0. The Labute approximate surface area is 163 Å². The molecule has 1 spiro atoms.